The second-order valence-corrected chi connectivity index (χ2v) is 7.07. The van der Waals surface area contributed by atoms with Gasteiger partial charge < -0.3 is 10.6 Å². The minimum absolute atomic E-state index is 0.0976. The zero-order chi connectivity index (χ0) is 17.8. The van der Waals surface area contributed by atoms with Crippen LogP contribution in [0, 0.1) is 5.41 Å². The molecule has 2 rings (SSSR count). The normalized spacial score (nSPS) is 18.9. The summed E-state index contributed by atoms with van der Waals surface area (Å²) in [6.07, 6.45) is -2.15. The zero-order valence-corrected chi connectivity index (χ0v) is 14.2. The van der Waals surface area contributed by atoms with Gasteiger partial charge in [-0.1, -0.05) is 32.0 Å². The van der Waals surface area contributed by atoms with Gasteiger partial charge in [0.2, 0.25) is 5.91 Å². The molecule has 0 radical (unpaired) electrons. The van der Waals surface area contributed by atoms with Crippen molar-refractivity contribution in [2.24, 2.45) is 5.41 Å². The van der Waals surface area contributed by atoms with Crippen LogP contribution in [0.4, 0.5) is 13.2 Å². The average molecular weight is 342 g/mol. The first-order chi connectivity index (χ1) is 11.2. The van der Waals surface area contributed by atoms with Gasteiger partial charge in [0.15, 0.2) is 0 Å². The Kier molecular flexibility index (Phi) is 5.91. The van der Waals surface area contributed by atoms with E-state index in [0.29, 0.717) is 12.1 Å². The minimum atomic E-state index is -4.36. The lowest BCUT2D eigenvalue weighted by Crippen LogP contribution is -2.43. The molecule has 2 N–H and O–H groups in total. The molecule has 1 aromatic carbocycles. The van der Waals surface area contributed by atoms with Crippen molar-refractivity contribution in [3.05, 3.63) is 35.4 Å². The molecule has 0 aliphatic carbocycles. The van der Waals surface area contributed by atoms with Crippen molar-refractivity contribution in [2.75, 3.05) is 19.6 Å². The molecule has 1 aliphatic heterocycles. The molecule has 1 fully saturated rings. The van der Waals surface area contributed by atoms with E-state index in [1.165, 1.54) is 6.07 Å². The molecule has 1 aliphatic rings. The molecule has 0 aromatic heterocycles. The van der Waals surface area contributed by atoms with Crippen molar-refractivity contribution in [1.29, 1.82) is 0 Å². The quantitative estimate of drug-likeness (QED) is 0.857. The third kappa shape index (κ3) is 5.23. The number of alkyl halides is 3. The summed E-state index contributed by atoms with van der Waals surface area (Å²) in [6, 6.07) is 5.21. The van der Waals surface area contributed by atoms with Gasteiger partial charge in [0.25, 0.3) is 0 Å². The number of hydrogen-bond acceptors (Lipinski definition) is 2. The van der Waals surface area contributed by atoms with E-state index in [1.54, 1.807) is 13.0 Å². The molecule has 6 heteroatoms. The smallest absolute Gasteiger partial charge is 0.356 e. The molecule has 1 saturated heterocycles. The summed E-state index contributed by atoms with van der Waals surface area (Å²) in [5.41, 5.74) is -0.0390. The standard InChI is InChI=1S/C18H25F3N2O/c1-13(14-4-3-5-15(11-14)18(19,20)21)10-16(24)23-12-17(2)6-8-22-9-7-17/h3-5,11,13,22H,6-10,12H2,1-2H3,(H,23,24). The molecule has 3 nitrogen and oxygen atoms in total. The topological polar surface area (TPSA) is 41.1 Å². The Hall–Kier alpha value is -1.56. The highest BCUT2D eigenvalue weighted by Crippen LogP contribution is 2.32. The average Bonchev–Trinajstić information content (AvgIpc) is 2.53. The number of piperidine rings is 1. The van der Waals surface area contributed by atoms with Crippen LogP contribution in [0.1, 0.15) is 50.2 Å². The highest BCUT2D eigenvalue weighted by Gasteiger charge is 2.31. The van der Waals surface area contributed by atoms with Crippen LogP contribution in [-0.2, 0) is 11.0 Å². The van der Waals surface area contributed by atoms with Gasteiger partial charge in [0.05, 0.1) is 5.56 Å². The Morgan fingerprint density at radius 2 is 2.00 bits per heavy atom. The number of nitrogens with one attached hydrogen (secondary N) is 2. The predicted molar refractivity (Wildman–Crippen MR) is 87.7 cm³/mol. The fourth-order valence-electron chi connectivity index (χ4n) is 3.01. The molecular formula is C18H25F3N2O. The maximum absolute atomic E-state index is 12.8. The van der Waals surface area contributed by atoms with Crippen LogP contribution in [0.15, 0.2) is 24.3 Å². The van der Waals surface area contributed by atoms with Crippen LogP contribution >= 0.6 is 0 Å². The molecule has 1 amide bonds. The second-order valence-electron chi connectivity index (χ2n) is 7.07. The van der Waals surface area contributed by atoms with E-state index in [4.69, 9.17) is 0 Å². The van der Waals surface area contributed by atoms with Gasteiger partial charge in [-0.25, -0.2) is 0 Å². The Labute approximate surface area is 141 Å². The molecule has 134 valence electrons. The van der Waals surface area contributed by atoms with Crippen LogP contribution < -0.4 is 10.6 Å². The summed E-state index contributed by atoms with van der Waals surface area (Å²) in [7, 11) is 0. The summed E-state index contributed by atoms with van der Waals surface area (Å²) in [6.45, 7) is 6.45. The van der Waals surface area contributed by atoms with E-state index in [2.05, 4.69) is 17.6 Å². The van der Waals surface area contributed by atoms with Gasteiger partial charge in [-0.3, -0.25) is 4.79 Å². The number of amides is 1. The Morgan fingerprint density at radius 1 is 1.33 bits per heavy atom. The van der Waals surface area contributed by atoms with Crippen LogP contribution in [-0.4, -0.2) is 25.5 Å². The van der Waals surface area contributed by atoms with Gasteiger partial charge in [-0.2, -0.15) is 13.2 Å². The van der Waals surface area contributed by atoms with Gasteiger partial charge in [0, 0.05) is 13.0 Å². The van der Waals surface area contributed by atoms with E-state index in [1.807, 2.05) is 0 Å². The molecular weight excluding hydrogens is 317 g/mol. The van der Waals surface area contributed by atoms with Crippen LogP contribution in [0.3, 0.4) is 0 Å². The fraction of sp³-hybridized carbons (Fsp3) is 0.611. The lowest BCUT2D eigenvalue weighted by molar-refractivity contribution is -0.137. The SMILES string of the molecule is CC(CC(=O)NCC1(C)CCNCC1)c1cccc(C(F)(F)F)c1. The van der Waals surface area contributed by atoms with Crippen molar-refractivity contribution < 1.29 is 18.0 Å². The predicted octanol–water partition coefficient (Wildman–Crippen LogP) is 3.70. The summed E-state index contributed by atoms with van der Waals surface area (Å²) in [5.74, 6) is -0.368. The molecule has 1 unspecified atom stereocenters. The monoisotopic (exact) mass is 342 g/mol. The number of carbonyl (C=O) groups excluding carboxylic acids is 1. The van der Waals surface area contributed by atoms with E-state index in [9.17, 15) is 18.0 Å². The molecule has 1 atom stereocenters. The number of hydrogen-bond donors (Lipinski definition) is 2. The lowest BCUT2D eigenvalue weighted by atomic mass is 9.81. The Bertz CT molecular complexity index is 566. The second kappa shape index (κ2) is 7.55. The summed E-state index contributed by atoms with van der Waals surface area (Å²) in [4.78, 5) is 12.1. The van der Waals surface area contributed by atoms with E-state index < -0.39 is 11.7 Å². The first-order valence-electron chi connectivity index (χ1n) is 8.34. The van der Waals surface area contributed by atoms with E-state index in [-0.39, 0.29) is 23.7 Å². The van der Waals surface area contributed by atoms with Gasteiger partial charge in [0.1, 0.15) is 0 Å². The molecule has 24 heavy (non-hydrogen) atoms. The van der Waals surface area contributed by atoms with E-state index >= 15 is 0 Å². The van der Waals surface area contributed by atoms with E-state index in [0.717, 1.165) is 38.1 Å². The molecule has 0 bridgehead atoms. The van der Waals surface area contributed by atoms with Crippen molar-refractivity contribution in [1.82, 2.24) is 10.6 Å². The lowest BCUT2D eigenvalue weighted by Gasteiger charge is -2.34. The number of carbonyl (C=O) groups is 1. The highest BCUT2D eigenvalue weighted by molar-refractivity contribution is 5.76. The first kappa shape index (κ1) is 18.8. The number of halogens is 3. The van der Waals surface area contributed by atoms with Crippen molar-refractivity contribution in [3.8, 4) is 0 Å². The maximum Gasteiger partial charge on any atom is 0.416 e. The number of benzene rings is 1. The van der Waals surface area contributed by atoms with Crippen molar-refractivity contribution in [2.45, 2.75) is 45.2 Å². The van der Waals surface area contributed by atoms with Gasteiger partial charge in [-0.05, 0) is 48.9 Å². The maximum atomic E-state index is 12.8. The third-order valence-corrected chi connectivity index (χ3v) is 4.80. The summed E-state index contributed by atoms with van der Waals surface area (Å²) in [5, 5.41) is 6.24. The molecule has 0 spiro atoms. The van der Waals surface area contributed by atoms with Crippen LogP contribution in [0.5, 0.6) is 0 Å². The van der Waals surface area contributed by atoms with Crippen molar-refractivity contribution in [3.63, 3.8) is 0 Å². The van der Waals surface area contributed by atoms with Crippen molar-refractivity contribution >= 4 is 5.91 Å². The molecule has 1 aromatic rings. The largest absolute Gasteiger partial charge is 0.416 e. The summed E-state index contributed by atoms with van der Waals surface area (Å²) < 4.78 is 38.3. The molecule has 1 heterocycles. The highest BCUT2D eigenvalue weighted by atomic mass is 19.4. The number of rotatable bonds is 5. The van der Waals surface area contributed by atoms with Gasteiger partial charge in [-0.15, -0.1) is 0 Å². The van der Waals surface area contributed by atoms with Crippen LogP contribution in [0.25, 0.3) is 0 Å². The molecule has 0 saturated carbocycles. The third-order valence-electron chi connectivity index (χ3n) is 4.80. The summed E-state index contributed by atoms with van der Waals surface area (Å²) >= 11 is 0. The zero-order valence-electron chi connectivity index (χ0n) is 14.2. The fourth-order valence-corrected chi connectivity index (χ4v) is 3.01. The minimum Gasteiger partial charge on any atom is -0.356 e. The Morgan fingerprint density at radius 3 is 2.62 bits per heavy atom. The Balaban J connectivity index is 1.89. The van der Waals surface area contributed by atoms with Gasteiger partial charge >= 0.3 is 6.18 Å². The van der Waals surface area contributed by atoms with Crippen LogP contribution in [0.2, 0.25) is 0 Å². The first-order valence-corrected chi connectivity index (χ1v) is 8.34.